The number of carbonyl (C=O) groups excluding carboxylic acids is 2. The smallest absolute Gasteiger partial charge is 0.410 e. The highest BCUT2D eigenvalue weighted by Gasteiger charge is 2.27. The van der Waals surface area contributed by atoms with Gasteiger partial charge < -0.3 is 20.3 Å². The van der Waals surface area contributed by atoms with Crippen LogP contribution in [0.5, 0.6) is 0 Å². The summed E-state index contributed by atoms with van der Waals surface area (Å²) in [6.07, 6.45) is 4.88. The summed E-state index contributed by atoms with van der Waals surface area (Å²) >= 11 is 1.52. The fourth-order valence-electron chi connectivity index (χ4n) is 4.14. The fourth-order valence-corrected chi connectivity index (χ4v) is 5.08. The number of carbonyl (C=O) groups is 2. The highest BCUT2D eigenvalue weighted by atomic mass is 32.1. The number of fused-ring (bicyclic) bond motifs is 1. The van der Waals surface area contributed by atoms with Crippen LogP contribution in [0.2, 0.25) is 0 Å². The molecular weight excluding hydrogens is 476 g/mol. The predicted octanol–water partition coefficient (Wildman–Crippen LogP) is 4.94. The first-order valence-corrected chi connectivity index (χ1v) is 13.1. The first-order valence-electron chi connectivity index (χ1n) is 12.3. The van der Waals surface area contributed by atoms with Crippen LogP contribution in [-0.4, -0.2) is 57.1 Å². The lowest BCUT2D eigenvalue weighted by Crippen LogP contribution is -2.43. The van der Waals surface area contributed by atoms with Crippen LogP contribution in [0, 0.1) is 12.8 Å². The summed E-state index contributed by atoms with van der Waals surface area (Å²) < 4.78 is 6.25. The normalized spacial score (nSPS) is 15.5. The van der Waals surface area contributed by atoms with Gasteiger partial charge in [-0.1, -0.05) is 6.07 Å². The molecule has 0 spiro atoms. The van der Waals surface area contributed by atoms with Gasteiger partial charge in [-0.15, -0.1) is 11.3 Å². The van der Waals surface area contributed by atoms with E-state index in [1.54, 1.807) is 17.3 Å². The number of hydrogen-bond acceptors (Lipinski definition) is 8. The summed E-state index contributed by atoms with van der Waals surface area (Å²) in [5.74, 6) is 0.488. The Morgan fingerprint density at radius 2 is 2.00 bits per heavy atom. The average molecular weight is 511 g/mol. The molecule has 1 aliphatic rings. The van der Waals surface area contributed by atoms with E-state index in [1.165, 1.54) is 11.3 Å². The summed E-state index contributed by atoms with van der Waals surface area (Å²) in [4.78, 5) is 41.8. The Bertz CT molecular complexity index is 1220. The number of thiophene rings is 1. The molecule has 4 heterocycles. The topological polar surface area (TPSA) is 109 Å². The highest BCUT2D eigenvalue weighted by molar-refractivity contribution is 7.19. The molecule has 3 aromatic heterocycles. The number of likely N-dealkylation sites (tertiary alicyclic amines) is 1. The van der Waals surface area contributed by atoms with Crippen molar-refractivity contribution in [3.63, 3.8) is 0 Å². The van der Waals surface area contributed by atoms with Gasteiger partial charge in [0.1, 0.15) is 5.60 Å². The number of ether oxygens (including phenoxy) is 1. The monoisotopic (exact) mass is 510 g/mol. The number of nitrogens with one attached hydrogen (secondary N) is 2. The summed E-state index contributed by atoms with van der Waals surface area (Å²) in [7, 11) is 0. The van der Waals surface area contributed by atoms with Crippen LogP contribution >= 0.6 is 11.3 Å². The maximum Gasteiger partial charge on any atom is 0.410 e. The second-order valence-corrected chi connectivity index (χ2v) is 11.5. The molecule has 0 radical (unpaired) electrons. The largest absolute Gasteiger partial charge is 0.444 e. The lowest BCUT2D eigenvalue weighted by molar-refractivity contribution is 0.0183. The minimum atomic E-state index is -0.506. The van der Waals surface area contributed by atoms with E-state index >= 15 is 0 Å². The molecule has 1 saturated heterocycles. The van der Waals surface area contributed by atoms with Gasteiger partial charge >= 0.3 is 6.09 Å². The van der Waals surface area contributed by atoms with Gasteiger partial charge in [-0.3, -0.25) is 9.78 Å². The SMILES string of the molecule is Cc1cc2nc(N[C@@H](C)c3cccnc3)nc(C(=O)NCC3CCN(C(=O)OC(C)(C)C)CC3)c2s1. The third kappa shape index (κ3) is 6.48. The van der Waals surface area contributed by atoms with Crippen molar-refractivity contribution in [3.8, 4) is 0 Å². The lowest BCUT2D eigenvalue weighted by atomic mass is 9.97. The van der Waals surface area contributed by atoms with Crippen molar-refractivity contribution in [1.29, 1.82) is 0 Å². The number of aromatic nitrogens is 3. The minimum Gasteiger partial charge on any atom is -0.444 e. The van der Waals surface area contributed by atoms with E-state index in [0.29, 0.717) is 37.2 Å². The molecule has 2 N–H and O–H groups in total. The molecule has 0 aliphatic carbocycles. The van der Waals surface area contributed by atoms with E-state index in [2.05, 4.69) is 25.6 Å². The molecule has 0 saturated carbocycles. The molecule has 10 heteroatoms. The molecule has 0 bridgehead atoms. The molecule has 1 atom stereocenters. The van der Waals surface area contributed by atoms with Crippen molar-refractivity contribution >= 4 is 39.5 Å². The minimum absolute atomic E-state index is 0.0676. The lowest BCUT2D eigenvalue weighted by Gasteiger charge is -2.33. The molecule has 1 fully saturated rings. The zero-order valence-electron chi connectivity index (χ0n) is 21.5. The first kappa shape index (κ1) is 25.8. The number of amides is 2. The maximum atomic E-state index is 13.2. The van der Waals surface area contributed by atoms with E-state index in [0.717, 1.165) is 33.5 Å². The van der Waals surface area contributed by atoms with Crippen LogP contribution in [0.25, 0.3) is 10.2 Å². The number of anilines is 1. The standard InChI is InChI=1S/C26H34N6O3S/c1-16-13-20-22(36-16)21(31-24(30-20)29-17(2)19-7-6-10-27-15-19)23(33)28-14-18-8-11-32(12-9-18)25(34)35-26(3,4)5/h6-7,10,13,15,17-18H,8-9,11-12,14H2,1-5H3,(H,28,33)(H,29,30,31)/t17-/m0/s1. The van der Waals surface area contributed by atoms with Crippen molar-refractivity contribution in [1.82, 2.24) is 25.2 Å². The van der Waals surface area contributed by atoms with Crippen molar-refractivity contribution in [2.45, 2.75) is 59.1 Å². The predicted molar refractivity (Wildman–Crippen MR) is 141 cm³/mol. The Hall–Kier alpha value is -3.27. The van der Waals surface area contributed by atoms with Gasteiger partial charge in [0.25, 0.3) is 5.91 Å². The van der Waals surface area contributed by atoms with Gasteiger partial charge in [-0.25, -0.2) is 14.8 Å². The Kier molecular flexibility index (Phi) is 7.73. The summed E-state index contributed by atoms with van der Waals surface area (Å²) in [5.41, 5.74) is 1.63. The molecule has 9 nitrogen and oxygen atoms in total. The summed E-state index contributed by atoms with van der Waals surface area (Å²) in [6, 6.07) is 5.78. The summed E-state index contributed by atoms with van der Waals surface area (Å²) in [5, 5.41) is 6.37. The molecular formula is C26H34N6O3S. The van der Waals surface area contributed by atoms with E-state index < -0.39 is 5.60 Å². The number of rotatable bonds is 6. The maximum absolute atomic E-state index is 13.2. The van der Waals surface area contributed by atoms with Crippen molar-refractivity contribution < 1.29 is 14.3 Å². The zero-order chi connectivity index (χ0) is 25.9. The molecule has 3 aromatic rings. The van der Waals surface area contributed by atoms with Crippen molar-refractivity contribution in [2.24, 2.45) is 5.92 Å². The van der Waals surface area contributed by atoms with Crippen LogP contribution in [0.15, 0.2) is 30.6 Å². The highest BCUT2D eigenvalue weighted by Crippen LogP contribution is 2.28. The van der Waals surface area contributed by atoms with Gasteiger partial charge in [0.2, 0.25) is 5.95 Å². The van der Waals surface area contributed by atoms with Crippen molar-refractivity contribution in [2.75, 3.05) is 25.0 Å². The van der Waals surface area contributed by atoms with Gasteiger partial charge in [-0.2, -0.15) is 0 Å². The Labute approximate surface area is 215 Å². The number of piperidine rings is 1. The van der Waals surface area contributed by atoms with Crippen LogP contribution in [-0.2, 0) is 4.74 Å². The van der Waals surface area contributed by atoms with E-state index in [9.17, 15) is 9.59 Å². The molecule has 192 valence electrons. The number of nitrogens with zero attached hydrogens (tertiary/aromatic N) is 4. The van der Waals surface area contributed by atoms with E-state index in [-0.39, 0.29) is 18.0 Å². The third-order valence-corrected chi connectivity index (χ3v) is 7.10. The van der Waals surface area contributed by atoms with Gasteiger partial charge in [0.05, 0.1) is 16.3 Å². The van der Waals surface area contributed by atoms with Crippen molar-refractivity contribution in [3.05, 3.63) is 46.7 Å². The average Bonchev–Trinajstić information content (AvgIpc) is 3.21. The fraction of sp³-hybridized carbons (Fsp3) is 0.500. The quantitative estimate of drug-likeness (QED) is 0.483. The molecule has 0 unspecified atom stereocenters. The molecule has 2 amide bonds. The number of aryl methyl sites for hydroxylation is 1. The van der Waals surface area contributed by atoms with Gasteiger partial charge in [0, 0.05) is 36.9 Å². The molecule has 1 aliphatic heterocycles. The van der Waals surface area contributed by atoms with E-state index in [1.807, 2.05) is 52.8 Å². The van der Waals surface area contributed by atoms with Crippen LogP contribution in [0.4, 0.5) is 10.7 Å². The van der Waals surface area contributed by atoms with Crippen LogP contribution in [0.3, 0.4) is 0 Å². The molecule has 36 heavy (non-hydrogen) atoms. The Morgan fingerprint density at radius 3 is 2.67 bits per heavy atom. The van der Waals surface area contributed by atoms with Gasteiger partial charge in [-0.05, 0) is 71.1 Å². The zero-order valence-corrected chi connectivity index (χ0v) is 22.3. The van der Waals surface area contributed by atoms with Gasteiger partial charge in [0.15, 0.2) is 5.69 Å². The molecule has 4 rings (SSSR count). The second-order valence-electron chi connectivity index (χ2n) is 10.2. The Morgan fingerprint density at radius 1 is 1.25 bits per heavy atom. The number of hydrogen-bond donors (Lipinski definition) is 2. The second kappa shape index (κ2) is 10.8. The van der Waals surface area contributed by atoms with Crippen LogP contribution in [0.1, 0.15) is 67.5 Å². The van der Waals surface area contributed by atoms with Crippen LogP contribution < -0.4 is 10.6 Å². The molecule has 0 aromatic carbocycles. The summed E-state index contributed by atoms with van der Waals surface area (Å²) in [6.45, 7) is 11.4. The van der Waals surface area contributed by atoms with E-state index in [4.69, 9.17) is 4.74 Å². The Balaban J connectivity index is 1.40. The third-order valence-electron chi connectivity index (χ3n) is 6.06. The first-order chi connectivity index (χ1) is 17.1. The number of pyridine rings is 1.